The van der Waals surface area contributed by atoms with Gasteiger partial charge in [0, 0.05) is 31.2 Å². The number of hydrogen-bond acceptors (Lipinski definition) is 3. The lowest BCUT2D eigenvalue weighted by atomic mass is 10.1. The van der Waals surface area contributed by atoms with Crippen molar-refractivity contribution in [1.29, 1.82) is 0 Å². The highest BCUT2D eigenvalue weighted by atomic mass is 19.1. The summed E-state index contributed by atoms with van der Waals surface area (Å²) < 4.78 is 19.3. The number of urea groups is 1. The highest BCUT2D eigenvalue weighted by molar-refractivity contribution is 5.98. The maximum Gasteiger partial charge on any atom is 0.321 e. The number of anilines is 1. The highest BCUT2D eigenvalue weighted by Gasteiger charge is 2.23. The summed E-state index contributed by atoms with van der Waals surface area (Å²) in [4.78, 5) is 25.5. The molecule has 0 spiro atoms. The van der Waals surface area contributed by atoms with E-state index < -0.39 is 11.7 Å². The van der Waals surface area contributed by atoms with Gasteiger partial charge in [0.1, 0.15) is 11.6 Å². The van der Waals surface area contributed by atoms with Crippen LogP contribution >= 0.6 is 0 Å². The molecule has 1 aromatic carbocycles. The molecule has 0 saturated carbocycles. The molecule has 24 heavy (non-hydrogen) atoms. The van der Waals surface area contributed by atoms with Gasteiger partial charge in [0.2, 0.25) is 0 Å². The van der Waals surface area contributed by atoms with E-state index in [2.05, 4.69) is 10.6 Å². The Balaban J connectivity index is 1.72. The van der Waals surface area contributed by atoms with Gasteiger partial charge in [-0.2, -0.15) is 0 Å². The Bertz CT molecular complexity index is 746. The fourth-order valence-corrected chi connectivity index (χ4v) is 2.66. The number of benzene rings is 1. The van der Waals surface area contributed by atoms with Crippen LogP contribution in [0.15, 0.2) is 41.0 Å². The third-order valence-corrected chi connectivity index (χ3v) is 3.83. The van der Waals surface area contributed by atoms with Gasteiger partial charge < -0.3 is 15.1 Å². The molecule has 0 bridgehead atoms. The van der Waals surface area contributed by atoms with Crippen molar-refractivity contribution < 1.29 is 18.4 Å². The average Bonchev–Trinajstić information content (AvgIpc) is 3.19. The molecule has 2 heterocycles. The van der Waals surface area contributed by atoms with E-state index in [4.69, 9.17) is 4.42 Å². The Hall–Kier alpha value is -2.83. The summed E-state index contributed by atoms with van der Waals surface area (Å²) in [5, 5.41) is 5.42. The van der Waals surface area contributed by atoms with Gasteiger partial charge in [-0.1, -0.05) is 0 Å². The van der Waals surface area contributed by atoms with E-state index in [1.165, 1.54) is 23.1 Å². The van der Waals surface area contributed by atoms with Crippen molar-refractivity contribution in [2.45, 2.75) is 19.4 Å². The molecule has 1 aliphatic heterocycles. The summed E-state index contributed by atoms with van der Waals surface area (Å²) in [6.45, 7) is 2.83. The molecule has 6 nitrogen and oxygen atoms in total. The molecular formula is C17H18FN3O3. The number of nitrogens with zero attached hydrogens (tertiary/aromatic N) is 1. The largest absolute Gasteiger partial charge is 0.469 e. The molecule has 2 N–H and O–H groups in total. The number of halogens is 1. The van der Waals surface area contributed by atoms with E-state index in [0.29, 0.717) is 25.2 Å². The molecule has 1 unspecified atom stereocenters. The predicted molar refractivity (Wildman–Crippen MR) is 86.5 cm³/mol. The first-order valence-electron chi connectivity index (χ1n) is 7.73. The van der Waals surface area contributed by atoms with Gasteiger partial charge in [-0.15, -0.1) is 0 Å². The van der Waals surface area contributed by atoms with Gasteiger partial charge in [0.05, 0.1) is 11.8 Å². The second-order valence-corrected chi connectivity index (χ2v) is 5.71. The van der Waals surface area contributed by atoms with Gasteiger partial charge in [-0.3, -0.25) is 9.69 Å². The minimum Gasteiger partial charge on any atom is -0.469 e. The Morgan fingerprint density at radius 1 is 1.46 bits per heavy atom. The lowest BCUT2D eigenvalue weighted by Gasteiger charge is -2.17. The minimum absolute atomic E-state index is 0.0847. The summed E-state index contributed by atoms with van der Waals surface area (Å²) in [5.74, 6) is -0.403. The normalized spacial score (nSPS) is 15.2. The van der Waals surface area contributed by atoms with Crippen LogP contribution in [0.2, 0.25) is 0 Å². The molecule has 1 fully saturated rings. The molecule has 0 aliphatic carbocycles. The van der Waals surface area contributed by atoms with Crippen LogP contribution < -0.4 is 15.5 Å². The maximum absolute atomic E-state index is 14.0. The molecule has 1 aliphatic rings. The third-order valence-electron chi connectivity index (χ3n) is 3.83. The molecule has 1 aromatic heterocycles. The molecule has 3 amide bonds. The number of amides is 3. The molecule has 7 heteroatoms. The summed E-state index contributed by atoms with van der Waals surface area (Å²) in [7, 11) is 0. The number of carbonyl (C=O) groups excluding carboxylic acids is 2. The van der Waals surface area contributed by atoms with Crippen LogP contribution in [0.4, 0.5) is 14.9 Å². The topological polar surface area (TPSA) is 74.6 Å². The Labute approximate surface area is 138 Å². The molecule has 0 radical (unpaired) electrons. The average molecular weight is 331 g/mol. The lowest BCUT2D eigenvalue weighted by molar-refractivity contribution is 0.0935. The van der Waals surface area contributed by atoms with Crippen molar-refractivity contribution in [2.75, 3.05) is 18.0 Å². The monoisotopic (exact) mass is 331 g/mol. The lowest BCUT2D eigenvalue weighted by Crippen LogP contribution is -2.35. The quantitative estimate of drug-likeness (QED) is 0.883. The fraction of sp³-hybridized carbons (Fsp3) is 0.294. The highest BCUT2D eigenvalue weighted by Crippen LogP contribution is 2.21. The van der Waals surface area contributed by atoms with Crippen molar-refractivity contribution in [1.82, 2.24) is 10.6 Å². The van der Waals surface area contributed by atoms with Crippen molar-refractivity contribution in [3.63, 3.8) is 0 Å². The van der Waals surface area contributed by atoms with E-state index in [1.807, 2.05) is 13.0 Å². The number of hydrogen-bond donors (Lipinski definition) is 2. The molecule has 2 aromatic rings. The number of nitrogens with one attached hydrogen (secondary N) is 2. The van der Waals surface area contributed by atoms with E-state index in [1.54, 1.807) is 12.3 Å². The smallest absolute Gasteiger partial charge is 0.321 e. The van der Waals surface area contributed by atoms with E-state index in [0.717, 1.165) is 5.76 Å². The summed E-state index contributed by atoms with van der Waals surface area (Å²) in [6, 6.07) is 7.20. The Morgan fingerprint density at radius 2 is 2.29 bits per heavy atom. The van der Waals surface area contributed by atoms with Gasteiger partial charge >= 0.3 is 6.03 Å². The molecule has 1 atom stereocenters. The SMILES string of the molecule is CC(Cc1ccco1)NC(=O)c1cc(N2CCNC2=O)ccc1F. The van der Waals surface area contributed by atoms with Crippen LogP contribution in [-0.2, 0) is 6.42 Å². The first kappa shape index (κ1) is 16.0. The van der Waals surface area contributed by atoms with Crippen molar-refractivity contribution in [3.05, 3.63) is 53.7 Å². The zero-order chi connectivity index (χ0) is 17.1. The van der Waals surface area contributed by atoms with Crippen molar-refractivity contribution >= 4 is 17.6 Å². The predicted octanol–water partition coefficient (Wildman–Crippen LogP) is 2.31. The van der Waals surface area contributed by atoms with Crippen LogP contribution in [0, 0.1) is 5.82 Å². The Morgan fingerprint density at radius 3 is 2.96 bits per heavy atom. The molecule has 1 saturated heterocycles. The number of furan rings is 1. The first-order valence-corrected chi connectivity index (χ1v) is 7.73. The summed E-state index contributed by atoms with van der Waals surface area (Å²) in [6.07, 6.45) is 2.07. The van der Waals surface area contributed by atoms with Crippen molar-refractivity contribution in [2.24, 2.45) is 0 Å². The van der Waals surface area contributed by atoms with Gasteiger partial charge in [0.25, 0.3) is 5.91 Å². The summed E-state index contributed by atoms with van der Waals surface area (Å²) >= 11 is 0. The standard InChI is InChI=1S/C17H18FN3O3/c1-11(9-13-3-2-8-24-13)20-16(22)14-10-12(4-5-15(14)18)21-7-6-19-17(21)23/h2-5,8,10-11H,6-7,9H2,1H3,(H,19,23)(H,20,22). The van der Waals surface area contributed by atoms with Crippen LogP contribution in [0.1, 0.15) is 23.0 Å². The number of carbonyl (C=O) groups is 2. The van der Waals surface area contributed by atoms with E-state index in [9.17, 15) is 14.0 Å². The Kier molecular flexibility index (Phi) is 4.50. The third kappa shape index (κ3) is 3.40. The minimum atomic E-state index is -0.624. The van der Waals surface area contributed by atoms with Crippen LogP contribution in [0.3, 0.4) is 0 Å². The van der Waals surface area contributed by atoms with Gasteiger partial charge in [-0.25, -0.2) is 9.18 Å². The van der Waals surface area contributed by atoms with E-state index >= 15 is 0 Å². The van der Waals surface area contributed by atoms with Gasteiger partial charge in [-0.05, 0) is 37.3 Å². The van der Waals surface area contributed by atoms with Crippen molar-refractivity contribution in [3.8, 4) is 0 Å². The van der Waals surface area contributed by atoms with Crippen LogP contribution in [-0.4, -0.2) is 31.1 Å². The molecular weight excluding hydrogens is 313 g/mol. The zero-order valence-electron chi connectivity index (χ0n) is 13.2. The van der Waals surface area contributed by atoms with Crippen LogP contribution in [0.25, 0.3) is 0 Å². The maximum atomic E-state index is 14.0. The first-order chi connectivity index (χ1) is 11.5. The molecule has 3 rings (SSSR count). The summed E-state index contributed by atoms with van der Waals surface area (Å²) in [5.41, 5.74) is 0.411. The zero-order valence-corrected chi connectivity index (χ0v) is 13.2. The second-order valence-electron chi connectivity index (χ2n) is 5.71. The molecule has 126 valence electrons. The number of rotatable bonds is 5. The van der Waals surface area contributed by atoms with E-state index in [-0.39, 0.29) is 17.6 Å². The second kappa shape index (κ2) is 6.74. The fourth-order valence-electron chi connectivity index (χ4n) is 2.66. The van der Waals surface area contributed by atoms with Gasteiger partial charge in [0.15, 0.2) is 0 Å². The van der Waals surface area contributed by atoms with Crippen LogP contribution in [0.5, 0.6) is 0 Å².